The molecule has 2 aromatic rings. The Morgan fingerprint density at radius 1 is 1.13 bits per heavy atom. The molecule has 1 N–H and O–H groups in total. The summed E-state index contributed by atoms with van der Waals surface area (Å²) >= 11 is 1.74. The number of carbonyl (C=O) groups excluding carboxylic acids is 1. The number of rotatable bonds is 9. The molecular formula is C22H28N2O4S2. The van der Waals surface area contributed by atoms with Crippen LogP contribution in [0.25, 0.3) is 0 Å². The minimum Gasteiger partial charge on any atom is -0.496 e. The van der Waals surface area contributed by atoms with Crippen molar-refractivity contribution in [1.82, 2.24) is 9.62 Å². The Morgan fingerprint density at radius 3 is 2.50 bits per heavy atom. The molecule has 162 valence electrons. The Kier molecular flexibility index (Phi) is 7.80. The van der Waals surface area contributed by atoms with Crippen molar-refractivity contribution in [3.05, 3.63) is 59.2 Å². The molecule has 0 radical (unpaired) electrons. The molecule has 0 saturated carbocycles. The summed E-state index contributed by atoms with van der Waals surface area (Å²) in [5.41, 5.74) is 2.72. The molecule has 2 aromatic carbocycles. The van der Waals surface area contributed by atoms with Crippen LogP contribution in [0.15, 0.2) is 47.4 Å². The molecule has 1 aliphatic heterocycles. The highest BCUT2D eigenvalue weighted by atomic mass is 32.2. The normalized spacial score (nSPS) is 14.6. The molecule has 0 aliphatic carbocycles. The first kappa shape index (κ1) is 22.7. The van der Waals surface area contributed by atoms with Crippen LogP contribution >= 0.6 is 11.8 Å². The van der Waals surface area contributed by atoms with E-state index in [-0.39, 0.29) is 16.4 Å². The monoisotopic (exact) mass is 448 g/mol. The largest absolute Gasteiger partial charge is 0.496 e. The quantitative estimate of drug-likeness (QED) is 0.595. The van der Waals surface area contributed by atoms with Gasteiger partial charge in [0.1, 0.15) is 5.75 Å². The molecule has 8 heteroatoms. The average Bonchev–Trinajstić information content (AvgIpc) is 3.30. The maximum Gasteiger partial charge on any atom is 0.255 e. The number of sulfonamides is 1. The number of benzene rings is 2. The molecule has 6 nitrogen and oxygen atoms in total. The number of ether oxygens (including phenoxy) is 1. The summed E-state index contributed by atoms with van der Waals surface area (Å²) in [5.74, 6) is 1.66. The van der Waals surface area contributed by atoms with Gasteiger partial charge in [-0.3, -0.25) is 4.79 Å². The maximum atomic E-state index is 12.8. The molecule has 1 heterocycles. The van der Waals surface area contributed by atoms with Crippen molar-refractivity contribution in [3.8, 4) is 5.75 Å². The molecule has 3 rings (SSSR count). The number of hydrogen-bond donors (Lipinski definition) is 1. The van der Waals surface area contributed by atoms with Crippen LogP contribution in [0.4, 0.5) is 0 Å². The van der Waals surface area contributed by atoms with E-state index < -0.39 is 10.0 Å². The van der Waals surface area contributed by atoms with E-state index in [1.807, 2.05) is 0 Å². The van der Waals surface area contributed by atoms with Crippen LogP contribution in [-0.2, 0) is 15.8 Å². The highest BCUT2D eigenvalue weighted by Gasteiger charge is 2.28. The average molecular weight is 449 g/mol. The maximum absolute atomic E-state index is 12.8. The lowest BCUT2D eigenvalue weighted by molar-refractivity contribution is 0.0953. The third-order valence-electron chi connectivity index (χ3n) is 5.04. The Hall–Kier alpha value is -2.03. The van der Waals surface area contributed by atoms with Gasteiger partial charge in [-0.25, -0.2) is 8.42 Å². The molecule has 1 fully saturated rings. The smallest absolute Gasteiger partial charge is 0.255 e. The Bertz CT molecular complexity index is 969. The third kappa shape index (κ3) is 5.56. The standard InChI is InChI=1S/C22H28N2O4S2/c1-17-5-7-18(8-6-17)16-29-14-11-23-22(25)20-15-19(9-10-21(20)28-2)30(26,27)24-12-3-4-13-24/h5-10,15H,3-4,11-14,16H2,1-2H3,(H,23,25). The zero-order chi connectivity index (χ0) is 21.6. The van der Waals surface area contributed by atoms with E-state index in [0.717, 1.165) is 24.3 Å². The lowest BCUT2D eigenvalue weighted by atomic mass is 10.2. The highest BCUT2D eigenvalue weighted by molar-refractivity contribution is 7.98. The summed E-state index contributed by atoms with van der Waals surface area (Å²) in [5, 5.41) is 2.87. The number of aryl methyl sites for hydroxylation is 1. The summed E-state index contributed by atoms with van der Waals surface area (Å²) in [6, 6.07) is 12.9. The Morgan fingerprint density at radius 2 is 1.83 bits per heavy atom. The Balaban J connectivity index is 1.59. The van der Waals surface area contributed by atoms with Crippen LogP contribution in [0.5, 0.6) is 5.75 Å². The van der Waals surface area contributed by atoms with Crippen LogP contribution in [0.1, 0.15) is 34.3 Å². The topological polar surface area (TPSA) is 75.7 Å². The van der Waals surface area contributed by atoms with Gasteiger partial charge in [0.25, 0.3) is 5.91 Å². The van der Waals surface area contributed by atoms with E-state index in [4.69, 9.17) is 4.74 Å². The molecular weight excluding hydrogens is 420 g/mol. The molecule has 30 heavy (non-hydrogen) atoms. The van der Waals surface area contributed by atoms with Gasteiger partial charge in [-0.05, 0) is 43.5 Å². The van der Waals surface area contributed by atoms with Crippen molar-refractivity contribution in [2.75, 3.05) is 32.5 Å². The van der Waals surface area contributed by atoms with Gasteiger partial charge in [0.2, 0.25) is 10.0 Å². The van der Waals surface area contributed by atoms with Crippen LogP contribution in [0.2, 0.25) is 0 Å². The first-order valence-corrected chi connectivity index (χ1v) is 12.6. The van der Waals surface area contributed by atoms with E-state index in [9.17, 15) is 13.2 Å². The fourth-order valence-electron chi connectivity index (χ4n) is 3.31. The summed E-state index contributed by atoms with van der Waals surface area (Å²) in [7, 11) is -2.12. The van der Waals surface area contributed by atoms with Gasteiger partial charge in [0.05, 0.1) is 17.6 Å². The van der Waals surface area contributed by atoms with Crippen LogP contribution in [-0.4, -0.2) is 51.1 Å². The number of carbonyl (C=O) groups is 1. The zero-order valence-electron chi connectivity index (χ0n) is 17.4. The lowest BCUT2D eigenvalue weighted by Gasteiger charge is -2.17. The van der Waals surface area contributed by atoms with E-state index >= 15 is 0 Å². The highest BCUT2D eigenvalue weighted by Crippen LogP contribution is 2.26. The first-order chi connectivity index (χ1) is 14.4. The van der Waals surface area contributed by atoms with E-state index in [1.165, 1.54) is 34.7 Å². The minimum atomic E-state index is -3.59. The van der Waals surface area contributed by atoms with Crippen LogP contribution in [0, 0.1) is 6.92 Å². The predicted molar refractivity (Wildman–Crippen MR) is 121 cm³/mol. The van der Waals surface area contributed by atoms with Crippen molar-refractivity contribution in [2.24, 2.45) is 0 Å². The second-order valence-corrected chi connectivity index (χ2v) is 10.3. The van der Waals surface area contributed by atoms with Gasteiger partial charge in [-0.1, -0.05) is 29.8 Å². The second kappa shape index (κ2) is 10.3. The van der Waals surface area contributed by atoms with Crippen molar-refractivity contribution >= 4 is 27.7 Å². The zero-order valence-corrected chi connectivity index (χ0v) is 19.0. The van der Waals surface area contributed by atoms with Gasteiger partial charge in [0.15, 0.2) is 0 Å². The van der Waals surface area contributed by atoms with E-state index in [2.05, 4.69) is 36.5 Å². The number of nitrogens with one attached hydrogen (secondary N) is 1. The van der Waals surface area contributed by atoms with Gasteiger partial charge in [-0.2, -0.15) is 16.1 Å². The second-order valence-electron chi connectivity index (χ2n) is 7.27. The number of nitrogens with zero attached hydrogens (tertiary/aromatic N) is 1. The first-order valence-electron chi connectivity index (χ1n) is 10.0. The SMILES string of the molecule is COc1ccc(S(=O)(=O)N2CCCC2)cc1C(=O)NCCSCc1ccc(C)cc1. The van der Waals surface area contributed by atoms with Crippen LogP contribution < -0.4 is 10.1 Å². The van der Waals surface area contributed by atoms with Gasteiger partial charge >= 0.3 is 0 Å². The van der Waals surface area contributed by atoms with Gasteiger partial charge in [0, 0.05) is 31.1 Å². The summed E-state index contributed by atoms with van der Waals surface area (Å²) < 4.78 is 32.4. The summed E-state index contributed by atoms with van der Waals surface area (Å²) in [6.07, 6.45) is 1.73. The van der Waals surface area contributed by atoms with Gasteiger partial charge in [-0.15, -0.1) is 0 Å². The molecule has 0 spiro atoms. The minimum absolute atomic E-state index is 0.129. The number of hydrogen-bond acceptors (Lipinski definition) is 5. The third-order valence-corrected chi connectivity index (χ3v) is 7.96. The fourth-order valence-corrected chi connectivity index (χ4v) is 5.67. The molecule has 1 aliphatic rings. The molecule has 0 unspecified atom stereocenters. The van der Waals surface area contributed by atoms with E-state index in [1.54, 1.807) is 17.8 Å². The van der Waals surface area contributed by atoms with Crippen molar-refractivity contribution < 1.29 is 17.9 Å². The Labute approximate surface area is 183 Å². The summed E-state index contributed by atoms with van der Waals surface area (Å²) in [6.45, 7) is 3.59. The number of amides is 1. The molecule has 1 saturated heterocycles. The molecule has 1 amide bonds. The van der Waals surface area contributed by atoms with Gasteiger partial charge < -0.3 is 10.1 Å². The predicted octanol–water partition coefficient (Wildman–Crippen LogP) is 3.45. The fraction of sp³-hybridized carbons (Fsp3) is 0.409. The molecule has 0 atom stereocenters. The number of thioether (sulfide) groups is 1. The molecule has 0 aromatic heterocycles. The van der Waals surface area contributed by atoms with Crippen molar-refractivity contribution in [1.29, 1.82) is 0 Å². The summed E-state index contributed by atoms with van der Waals surface area (Å²) in [4.78, 5) is 12.8. The van der Waals surface area contributed by atoms with E-state index in [0.29, 0.717) is 25.4 Å². The molecule has 0 bridgehead atoms. The lowest BCUT2D eigenvalue weighted by Crippen LogP contribution is -2.29. The number of methoxy groups -OCH3 is 1. The van der Waals surface area contributed by atoms with Crippen LogP contribution in [0.3, 0.4) is 0 Å². The van der Waals surface area contributed by atoms with Crippen molar-refractivity contribution in [3.63, 3.8) is 0 Å². The van der Waals surface area contributed by atoms with Crippen molar-refractivity contribution in [2.45, 2.75) is 30.4 Å².